The van der Waals surface area contributed by atoms with Crippen LogP contribution in [0.2, 0.25) is 0 Å². The molecule has 24 heavy (non-hydrogen) atoms. The summed E-state index contributed by atoms with van der Waals surface area (Å²) in [6.45, 7) is 2.37. The van der Waals surface area contributed by atoms with Gasteiger partial charge in [-0.1, -0.05) is 6.07 Å². The van der Waals surface area contributed by atoms with Gasteiger partial charge in [0, 0.05) is 43.9 Å². The Morgan fingerprint density at radius 3 is 3.12 bits per heavy atom. The lowest BCUT2D eigenvalue weighted by Gasteiger charge is -2.12. The maximum atomic E-state index is 5.48. The molecular formula is C17H18BrN5O. The number of ether oxygens (including phenoxy) is 1. The minimum absolute atomic E-state index is 0.549. The van der Waals surface area contributed by atoms with Crippen LogP contribution < -0.4 is 5.32 Å². The van der Waals surface area contributed by atoms with E-state index in [0.717, 1.165) is 53.3 Å². The van der Waals surface area contributed by atoms with Crippen LogP contribution in [0.25, 0.3) is 5.65 Å². The summed E-state index contributed by atoms with van der Waals surface area (Å²) >= 11 is 3.54. The zero-order valence-electron chi connectivity index (χ0n) is 13.2. The standard InChI is InChI=1S/C17H18BrN5O/c18-15-10-21-23-16(20-9-13-2-1-4-19-8-13)7-14(22-17(15)23)6-12-3-5-24-11-12/h1-2,4,7-8,10,12,20H,3,5-6,9,11H2. The fraction of sp³-hybridized carbons (Fsp3) is 0.353. The predicted octanol–water partition coefficient (Wildman–Crippen LogP) is 3.08. The molecule has 0 aliphatic carbocycles. The van der Waals surface area contributed by atoms with Crippen molar-refractivity contribution >= 4 is 27.4 Å². The Balaban J connectivity index is 1.62. The Bertz CT molecular complexity index is 830. The van der Waals surface area contributed by atoms with E-state index in [-0.39, 0.29) is 0 Å². The van der Waals surface area contributed by atoms with Gasteiger partial charge >= 0.3 is 0 Å². The molecule has 0 bridgehead atoms. The molecule has 1 aliphatic heterocycles. The van der Waals surface area contributed by atoms with E-state index in [1.165, 1.54) is 0 Å². The van der Waals surface area contributed by atoms with Gasteiger partial charge in [0.2, 0.25) is 0 Å². The van der Waals surface area contributed by atoms with Crippen molar-refractivity contribution in [3.63, 3.8) is 0 Å². The topological polar surface area (TPSA) is 64.3 Å². The highest BCUT2D eigenvalue weighted by Crippen LogP contribution is 2.24. The van der Waals surface area contributed by atoms with E-state index in [1.54, 1.807) is 12.4 Å². The van der Waals surface area contributed by atoms with Crippen molar-refractivity contribution in [2.45, 2.75) is 19.4 Å². The Hall–Kier alpha value is -1.99. The number of nitrogens with one attached hydrogen (secondary N) is 1. The second-order valence-electron chi connectivity index (χ2n) is 6.01. The van der Waals surface area contributed by atoms with Crippen molar-refractivity contribution in [3.8, 4) is 0 Å². The summed E-state index contributed by atoms with van der Waals surface area (Å²) in [5.41, 5.74) is 3.02. The van der Waals surface area contributed by atoms with Gasteiger partial charge in [-0.25, -0.2) is 4.98 Å². The number of hydrogen-bond acceptors (Lipinski definition) is 5. The summed E-state index contributed by atoms with van der Waals surface area (Å²) < 4.78 is 8.21. The molecule has 0 amide bonds. The second-order valence-corrected chi connectivity index (χ2v) is 6.86. The summed E-state index contributed by atoms with van der Waals surface area (Å²) in [7, 11) is 0. The molecule has 124 valence electrons. The van der Waals surface area contributed by atoms with Crippen molar-refractivity contribution in [2.24, 2.45) is 5.92 Å². The molecule has 0 spiro atoms. The number of hydrogen-bond donors (Lipinski definition) is 1. The van der Waals surface area contributed by atoms with E-state index in [9.17, 15) is 0 Å². The van der Waals surface area contributed by atoms with Gasteiger partial charge in [-0.05, 0) is 46.3 Å². The predicted molar refractivity (Wildman–Crippen MR) is 94.9 cm³/mol. The smallest absolute Gasteiger partial charge is 0.171 e. The van der Waals surface area contributed by atoms with E-state index >= 15 is 0 Å². The molecule has 7 heteroatoms. The quantitative estimate of drug-likeness (QED) is 0.728. The zero-order valence-corrected chi connectivity index (χ0v) is 14.7. The molecule has 3 aromatic heterocycles. The number of pyridine rings is 1. The molecule has 6 nitrogen and oxygen atoms in total. The van der Waals surface area contributed by atoms with Gasteiger partial charge < -0.3 is 10.1 Å². The van der Waals surface area contributed by atoms with Gasteiger partial charge in [0.1, 0.15) is 5.82 Å². The third-order valence-corrected chi connectivity index (χ3v) is 4.76. The molecule has 1 atom stereocenters. The summed E-state index contributed by atoms with van der Waals surface area (Å²) in [4.78, 5) is 8.91. The van der Waals surface area contributed by atoms with Crippen molar-refractivity contribution in [2.75, 3.05) is 18.5 Å². The molecule has 3 aromatic rings. The largest absolute Gasteiger partial charge is 0.381 e. The maximum absolute atomic E-state index is 5.48. The van der Waals surface area contributed by atoms with Crippen molar-refractivity contribution in [1.82, 2.24) is 19.6 Å². The van der Waals surface area contributed by atoms with Gasteiger partial charge in [0.25, 0.3) is 0 Å². The van der Waals surface area contributed by atoms with Crippen LogP contribution in [0.3, 0.4) is 0 Å². The lowest BCUT2D eigenvalue weighted by Crippen LogP contribution is -2.10. The first-order chi connectivity index (χ1) is 11.8. The fourth-order valence-electron chi connectivity index (χ4n) is 2.95. The summed E-state index contributed by atoms with van der Waals surface area (Å²) in [6.07, 6.45) is 7.45. The van der Waals surface area contributed by atoms with Crippen molar-refractivity contribution in [3.05, 3.63) is 52.5 Å². The highest BCUT2D eigenvalue weighted by molar-refractivity contribution is 9.10. The summed E-state index contributed by atoms with van der Waals surface area (Å²) in [6, 6.07) is 6.07. The van der Waals surface area contributed by atoms with Gasteiger partial charge in [-0.2, -0.15) is 9.61 Å². The van der Waals surface area contributed by atoms with Crippen LogP contribution in [-0.4, -0.2) is 32.8 Å². The molecule has 4 rings (SSSR count). The van der Waals surface area contributed by atoms with Crippen molar-refractivity contribution < 1.29 is 4.74 Å². The first kappa shape index (κ1) is 15.5. The summed E-state index contributed by atoms with van der Waals surface area (Å²) in [5.74, 6) is 1.48. The van der Waals surface area contributed by atoms with Crippen LogP contribution in [-0.2, 0) is 17.7 Å². The van der Waals surface area contributed by atoms with Gasteiger partial charge in [0.15, 0.2) is 5.65 Å². The number of nitrogens with zero attached hydrogens (tertiary/aromatic N) is 4. The molecule has 0 aromatic carbocycles. The molecular weight excluding hydrogens is 370 g/mol. The maximum Gasteiger partial charge on any atom is 0.171 e. The van der Waals surface area contributed by atoms with Crippen LogP contribution in [0.1, 0.15) is 17.7 Å². The second kappa shape index (κ2) is 6.86. The minimum Gasteiger partial charge on any atom is -0.381 e. The highest BCUT2D eigenvalue weighted by Gasteiger charge is 2.18. The molecule has 1 saturated heterocycles. The zero-order chi connectivity index (χ0) is 16.4. The summed E-state index contributed by atoms with van der Waals surface area (Å²) in [5, 5.41) is 7.86. The van der Waals surface area contributed by atoms with Crippen molar-refractivity contribution in [1.29, 1.82) is 0 Å². The van der Waals surface area contributed by atoms with Crippen LogP contribution in [0.15, 0.2) is 41.3 Å². The van der Waals surface area contributed by atoms with E-state index in [4.69, 9.17) is 9.72 Å². The number of rotatable bonds is 5. The monoisotopic (exact) mass is 387 g/mol. The Labute approximate surface area is 148 Å². The molecule has 0 saturated carbocycles. The van der Waals surface area contributed by atoms with E-state index < -0.39 is 0 Å². The fourth-order valence-corrected chi connectivity index (χ4v) is 3.30. The lowest BCUT2D eigenvalue weighted by atomic mass is 10.0. The van der Waals surface area contributed by atoms with Gasteiger partial charge in [-0.15, -0.1) is 0 Å². The Morgan fingerprint density at radius 1 is 1.38 bits per heavy atom. The Kier molecular flexibility index (Phi) is 4.44. The normalized spacial score (nSPS) is 17.5. The first-order valence-electron chi connectivity index (χ1n) is 8.03. The first-order valence-corrected chi connectivity index (χ1v) is 8.82. The van der Waals surface area contributed by atoms with Crippen LogP contribution in [0.5, 0.6) is 0 Å². The van der Waals surface area contributed by atoms with Gasteiger partial charge in [0.05, 0.1) is 10.7 Å². The molecule has 1 aliphatic rings. The van der Waals surface area contributed by atoms with E-state index in [2.05, 4.69) is 37.4 Å². The van der Waals surface area contributed by atoms with Crippen LogP contribution in [0, 0.1) is 5.92 Å². The molecule has 1 N–H and O–H groups in total. The van der Waals surface area contributed by atoms with Crippen LogP contribution in [0.4, 0.5) is 5.82 Å². The Morgan fingerprint density at radius 2 is 2.33 bits per heavy atom. The van der Waals surface area contributed by atoms with E-state index in [1.807, 2.05) is 22.8 Å². The number of aromatic nitrogens is 4. The SMILES string of the molecule is Brc1cnn2c(NCc3cccnc3)cc(CC3CCOC3)nc12. The average Bonchev–Trinajstić information content (AvgIpc) is 3.24. The number of fused-ring (bicyclic) bond motifs is 1. The molecule has 1 fully saturated rings. The third-order valence-electron chi connectivity index (χ3n) is 4.20. The lowest BCUT2D eigenvalue weighted by molar-refractivity contribution is 0.185. The average molecular weight is 388 g/mol. The molecule has 4 heterocycles. The minimum atomic E-state index is 0.549. The third kappa shape index (κ3) is 3.27. The molecule has 1 unspecified atom stereocenters. The van der Waals surface area contributed by atoms with E-state index in [0.29, 0.717) is 12.5 Å². The number of anilines is 1. The molecule has 0 radical (unpaired) electrons. The highest BCUT2D eigenvalue weighted by atomic mass is 79.9. The van der Waals surface area contributed by atoms with Gasteiger partial charge in [-0.3, -0.25) is 4.98 Å². The van der Waals surface area contributed by atoms with Crippen LogP contribution >= 0.6 is 15.9 Å². The number of halogens is 1.